The molecule has 3 rings (SSSR count). The fourth-order valence-corrected chi connectivity index (χ4v) is 2.62. The number of hydrogen-bond donors (Lipinski definition) is 1. The van der Waals surface area contributed by atoms with Crippen LogP contribution in [0.2, 0.25) is 0 Å². The summed E-state index contributed by atoms with van der Waals surface area (Å²) in [6, 6.07) is 14.0. The lowest BCUT2D eigenvalue weighted by Gasteiger charge is -2.36. The van der Waals surface area contributed by atoms with E-state index in [0.717, 1.165) is 37.7 Å². The van der Waals surface area contributed by atoms with Crippen LogP contribution in [-0.2, 0) is 0 Å². The summed E-state index contributed by atoms with van der Waals surface area (Å²) in [5, 5.41) is 0. The van der Waals surface area contributed by atoms with E-state index < -0.39 is 0 Å². The number of hydrogen-bond acceptors (Lipinski definition) is 5. The standard InChI is InChI=1S/C16H20N4O/c1-21-14-5-2-4-13(12-14)19-8-10-20(11-9-19)16-7-3-6-15(17)18-16/h2-7,12H,8-11H2,1H3,(H2,17,18). The Kier molecular flexibility index (Phi) is 3.81. The van der Waals surface area contributed by atoms with Crippen LogP contribution in [0.25, 0.3) is 0 Å². The molecule has 1 aliphatic rings. The first kappa shape index (κ1) is 13.5. The molecule has 5 nitrogen and oxygen atoms in total. The molecule has 110 valence electrons. The van der Waals surface area contributed by atoms with Gasteiger partial charge in [-0.05, 0) is 24.3 Å². The summed E-state index contributed by atoms with van der Waals surface area (Å²) in [4.78, 5) is 9.02. The Morgan fingerprint density at radius 3 is 2.43 bits per heavy atom. The third-order valence-corrected chi connectivity index (χ3v) is 3.78. The molecular weight excluding hydrogens is 264 g/mol. The van der Waals surface area contributed by atoms with Crippen molar-refractivity contribution in [1.29, 1.82) is 0 Å². The predicted molar refractivity (Wildman–Crippen MR) is 86.1 cm³/mol. The van der Waals surface area contributed by atoms with Crippen LogP contribution < -0.4 is 20.3 Å². The fourth-order valence-electron chi connectivity index (χ4n) is 2.62. The molecular formula is C16H20N4O. The molecule has 0 amide bonds. The molecule has 0 aliphatic carbocycles. The highest BCUT2D eigenvalue weighted by Gasteiger charge is 2.18. The van der Waals surface area contributed by atoms with Crippen molar-refractivity contribution in [2.24, 2.45) is 0 Å². The van der Waals surface area contributed by atoms with Crippen molar-refractivity contribution in [3.05, 3.63) is 42.5 Å². The molecule has 1 fully saturated rings. The van der Waals surface area contributed by atoms with Crippen molar-refractivity contribution < 1.29 is 4.74 Å². The Morgan fingerprint density at radius 2 is 1.71 bits per heavy atom. The van der Waals surface area contributed by atoms with Crippen LogP contribution in [0.4, 0.5) is 17.3 Å². The van der Waals surface area contributed by atoms with E-state index in [2.05, 4.69) is 26.9 Å². The zero-order chi connectivity index (χ0) is 14.7. The molecule has 2 heterocycles. The second-order valence-electron chi connectivity index (χ2n) is 5.10. The lowest BCUT2D eigenvalue weighted by molar-refractivity contribution is 0.414. The number of ether oxygens (including phenoxy) is 1. The Balaban J connectivity index is 1.67. The highest BCUT2D eigenvalue weighted by Crippen LogP contribution is 2.23. The summed E-state index contributed by atoms with van der Waals surface area (Å²) in [6.07, 6.45) is 0. The number of anilines is 3. The molecule has 1 aromatic carbocycles. The van der Waals surface area contributed by atoms with Crippen molar-refractivity contribution in [3.8, 4) is 5.75 Å². The van der Waals surface area contributed by atoms with E-state index in [1.54, 1.807) is 7.11 Å². The molecule has 0 radical (unpaired) electrons. The number of aromatic nitrogens is 1. The molecule has 5 heteroatoms. The van der Waals surface area contributed by atoms with Gasteiger partial charge in [0, 0.05) is 37.9 Å². The van der Waals surface area contributed by atoms with E-state index in [4.69, 9.17) is 10.5 Å². The number of nitrogen functional groups attached to an aromatic ring is 1. The van der Waals surface area contributed by atoms with Crippen molar-refractivity contribution in [1.82, 2.24) is 4.98 Å². The van der Waals surface area contributed by atoms with Gasteiger partial charge in [-0.15, -0.1) is 0 Å². The largest absolute Gasteiger partial charge is 0.497 e. The van der Waals surface area contributed by atoms with E-state index >= 15 is 0 Å². The van der Waals surface area contributed by atoms with Crippen LogP contribution >= 0.6 is 0 Å². The van der Waals surface area contributed by atoms with E-state index in [1.807, 2.05) is 30.3 Å². The lowest BCUT2D eigenvalue weighted by atomic mass is 10.2. The van der Waals surface area contributed by atoms with Crippen LogP contribution in [0.15, 0.2) is 42.5 Å². The Hall–Kier alpha value is -2.43. The smallest absolute Gasteiger partial charge is 0.131 e. The van der Waals surface area contributed by atoms with Crippen molar-refractivity contribution in [2.45, 2.75) is 0 Å². The van der Waals surface area contributed by atoms with Gasteiger partial charge in [0.25, 0.3) is 0 Å². The molecule has 2 N–H and O–H groups in total. The maximum Gasteiger partial charge on any atom is 0.131 e. The number of methoxy groups -OCH3 is 1. The zero-order valence-electron chi connectivity index (χ0n) is 12.2. The summed E-state index contributed by atoms with van der Waals surface area (Å²) in [5.74, 6) is 2.43. The Bertz CT molecular complexity index is 609. The van der Waals surface area contributed by atoms with Crippen molar-refractivity contribution in [2.75, 3.05) is 48.8 Å². The maximum absolute atomic E-state index is 5.75. The number of pyridine rings is 1. The van der Waals surface area contributed by atoms with Crippen LogP contribution in [0.1, 0.15) is 0 Å². The average Bonchev–Trinajstić information content (AvgIpc) is 2.55. The van der Waals surface area contributed by atoms with Gasteiger partial charge >= 0.3 is 0 Å². The molecule has 0 bridgehead atoms. The van der Waals surface area contributed by atoms with Gasteiger partial charge in [0.15, 0.2) is 0 Å². The summed E-state index contributed by atoms with van der Waals surface area (Å²) >= 11 is 0. The summed E-state index contributed by atoms with van der Waals surface area (Å²) in [6.45, 7) is 3.80. The second kappa shape index (κ2) is 5.91. The van der Waals surface area contributed by atoms with Gasteiger partial charge in [-0.1, -0.05) is 12.1 Å². The van der Waals surface area contributed by atoms with Gasteiger partial charge in [-0.25, -0.2) is 4.98 Å². The first-order valence-corrected chi connectivity index (χ1v) is 7.13. The predicted octanol–water partition coefficient (Wildman–Crippen LogP) is 2.00. The van der Waals surface area contributed by atoms with Gasteiger partial charge in [0.05, 0.1) is 7.11 Å². The van der Waals surface area contributed by atoms with Gasteiger partial charge in [-0.3, -0.25) is 0 Å². The van der Waals surface area contributed by atoms with E-state index in [0.29, 0.717) is 5.82 Å². The molecule has 0 atom stereocenters. The molecule has 1 saturated heterocycles. The quantitative estimate of drug-likeness (QED) is 0.934. The van der Waals surface area contributed by atoms with Crippen LogP contribution in [-0.4, -0.2) is 38.3 Å². The number of piperazine rings is 1. The highest BCUT2D eigenvalue weighted by atomic mass is 16.5. The van der Waals surface area contributed by atoms with Gasteiger partial charge in [-0.2, -0.15) is 0 Å². The molecule has 2 aromatic rings. The first-order chi connectivity index (χ1) is 10.3. The molecule has 1 aromatic heterocycles. The molecule has 0 unspecified atom stereocenters. The van der Waals surface area contributed by atoms with Gasteiger partial charge in [0.2, 0.25) is 0 Å². The van der Waals surface area contributed by atoms with E-state index in [1.165, 1.54) is 5.69 Å². The SMILES string of the molecule is COc1cccc(N2CCN(c3cccc(N)n3)CC2)c1. The lowest BCUT2D eigenvalue weighted by Crippen LogP contribution is -2.46. The summed E-state index contributed by atoms with van der Waals surface area (Å²) in [7, 11) is 1.70. The van der Waals surface area contributed by atoms with E-state index in [9.17, 15) is 0 Å². The molecule has 1 aliphatic heterocycles. The van der Waals surface area contributed by atoms with Crippen LogP contribution in [0, 0.1) is 0 Å². The summed E-state index contributed by atoms with van der Waals surface area (Å²) < 4.78 is 5.29. The monoisotopic (exact) mass is 284 g/mol. The topological polar surface area (TPSA) is 54.6 Å². The normalized spacial score (nSPS) is 15.1. The van der Waals surface area contributed by atoms with Crippen LogP contribution in [0.3, 0.4) is 0 Å². The highest BCUT2D eigenvalue weighted by molar-refractivity contribution is 5.53. The zero-order valence-corrected chi connectivity index (χ0v) is 12.2. The van der Waals surface area contributed by atoms with E-state index in [-0.39, 0.29) is 0 Å². The molecule has 0 saturated carbocycles. The van der Waals surface area contributed by atoms with Gasteiger partial charge in [0.1, 0.15) is 17.4 Å². The first-order valence-electron chi connectivity index (χ1n) is 7.13. The number of rotatable bonds is 3. The number of nitrogens with two attached hydrogens (primary N) is 1. The second-order valence-corrected chi connectivity index (χ2v) is 5.10. The van der Waals surface area contributed by atoms with Crippen molar-refractivity contribution in [3.63, 3.8) is 0 Å². The van der Waals surface area contributed by atoms with Crippen LogP contribution in [0.5, 0.6) is 5.75 Å². The fraction of sp³-hybridized carbons (Fsp3) is 0.312. The number of benzene rings is 1. The maximum atomic E-state index is 5.75. The molecule has 21 heavy (non-hydrogen) atoms. The average molecular weight is 284 g/mol. The Labute approximate surface area is 125 Å². The third-order valence-electron chi connectivity index (χ3n) is 3.78. The summed E-state index contributed by atoms with van der Waals surface area (Å²) in [5.41, 5.74) is 6.96. The van der Waals surface area contributed by atoms with Crippen molar-refractivity contribution >= 4 is 17.3 Å². The number of nitrogens with zero attached hydrogens (tertiary/aromatic N) is 3. The minimum Gasteiger partial charge on any atom is -0.497 e. The third kappa shape index (κ3) is 3.02. The minimum atomic E-state index is 0.572. The minimum absolute atomic E-state index is 0.572. The van der Waals surface area contributed by atoms with Gasteiger partial charge < -0.3 is 20.3 Å². The molecule has 0 spiro atoms. The Morgan fingerprint density at radius 1 is 1.00 bits per heavy atom.